The fraction of sp³-hybridized carbons (Fsp3) is 0.500. The maximum absolute atomic E-state index is 12.3. The Bertz CT molecular complexity index is 671. The molecule has 1 fully saturated rings. The molecule has 1 saturated heterocycles. The molecule has 1 atom stereocenters. The number of nitrogens with zero attached hydrogens (tertiary/aromatic N) is 2. The number of aryl methyl sites for hydroxylation is 2. The van der Waals surface area contributed by atoms with E-state index in [1.54, 1.807) is 0 Å². The van der Waals surface area contributed by atoms with Crippen molar-refractivity contribution >= 4 is 5.91 Å². The van der Waals surface area contributed by atoms with Crippen molar-refractivity contribution < 1.29 is 9.32 Å². The first kappa shape index (κ1) is 17.7. The SMILES string of the molecule is Cc1noc(C)c1CCC(=O)NCC(c1ccccc1)N1CCCC1. The minimum Gasteiger partial charge on any atom is -0.361 e. The van der Waals surface area contributed by atoms with E-state index >= 15 is 0 Å². The highest BCUT2D eigenvalue weighted by molar-refractivity contribution is 5.76. The second kappa shape index (κ2) is 8.30. The van der Waals surface area contributed by atoms with E-state index in [1.807, 2.05) is 19.9 Å². The van der Waals surface area contributed by atoms with Crippen molar-refractivity contribution in [3.8, 4) is 0 Å². The molecule has 1 aliphatic rings. The average Bonchev–Trinajstić information content (AvgIpc) is 3.25. The Morgan fingerprint density at radius 1 is 1.24 bits per heavy atom. The van der Waals surface area contributed by atoms with Crippen LogP contribution in [0, 0.1) is 13.8 Å². The topological polar surface area (TPSA) is 58.4 Å². The smallest absolute Gasteiger partial charge is 0.220 e. The van der Waals surface area contributed by atoms with Gasteiger partial charge in [0.05, 0.1) is 11.7 Å². The Morgan fingerprint density at radius 3 is 2.60 bits per heavy atom. The molecular formula is C20H27N3O2. The molecular weight excluding hydrogens is 314 g/mol. The summed E-state index contributed by atoms with van der Waals surface area (Å²) in [6.07, 6.45) is 3.61. The normalized spacial score (nSPS) is 16.1. The van der Waals surface area contributed by atoms with Gasteiger partial charge in [0.25, 0.3) is 0 Å². The van der Waals surface area contributed by atoms with Crippen LogP contribution in [0.15, 0.2) is 34.9 Å². The molecule has 134 valence electrons. The number of benzene rings is 1. The molecule has 0 radical (unpaired) electrons. The van der Waals surface area contributed by atoms with E-state index in [-0.39, 0.29) is 11.9 Å². The summed E-state index contributed by atoms with van der Waals surface area (Å²) in [5, 5.41) is 7.07. The van der Waals surface area contributed by atoms with Crippen LogP contribution in [-0.4, -0.2) is 35.6 Å². The summed E-state index contributed by atoms with van der Waals surface area (Å²) in [6.45, 7) is 6.68. The third-order valence-electron chi connectivity index (χ3n) is 5.04. The van der Waals surface area contributed by atoms with Crippen LogP contribution in [0.3, 0.4) is 0 Å². The molecule has 1 N–H and O–H groups in total. The van der Waals surface area contributed by atoms with Gasteiger partial charge in [0, 0.05) is 18.5 Å². The molecule has 1 aliphatic heterocycles. The van der Waals surface area contributed by atoms with Crippen LogP contribution in [0.2, 0.25) is 0 Å². The molecule has 25 heavy (non-hydrogen) atoms. The van der Waals surface area contributed by atoms with Gasteiger partial charge in [-0.05, 0) is 51.8 Å². The molecule has 0 bridgehead atoms. The van der Waals surface area contributed by atoms with Crippen LogP contribution >= 0.6 is 0 Å². The van der Waals surface area contributed by atoms with Crippen LogP contribution in [0.25, 0.3) is 0 Å². The third kappa shape index (κ3) is 4.48. The molecule has 1 unspecified atom stereocenters. The van der Waals surface area contributed by atoms with Crippen molar-refractivity contribution in [3.63, 3.8) is 0 Å². The first-order chi connectivity index (χ1) is 12.1. The van der Waals surface area contributed by atoms with Crippen molar-refractivity contribution in [1.29, 1.82) is 0 Å². The highest BCUT2D eigenvalue weighted by atomic mass is 16.5. The van der Waals surface area contributed by atoms with Gasteiger partial charge in [-0.3, -0.25) is 9.69 Å². The van der Waals surface area contributed by atoms with Crippen LogP contribution in [0.5, 0.6) is 0 Å². The second-order valence-corrected chi connectivity index (χ2v) is 6.78. The standard InChI is InChI=1S/C20H27N3O2/c1-15-18(16(2)25-22-15)10-11-20(24)21-14-19(23-12-6-7-13-23)17-8-4-3-5-9-17/h3-5,8-9,19H,6-7,10-14H2,1-2H3,(H,21,24). The number of rotatable bonds is 7. The zero-order chi connectivity index (χ0) is 17.6. The average molecular weight is 341 g/mol. The first-order valence-corrected chi connectivity index (χ1v) is 9.12. The quantitative estimate of drug-likeness (QED) is 0.840. The fourth-order valence-corrected chi connectivity index (χ4v) is 3.58. The Kier molecular flexibility index (Phi) is 5.87. The van der Waals surface area contributed by atoms with Gasteiger partial charge >= 0.3 is 0 Å². The van der Waals surface area contributed by atoms with E-state index in [9.17, 15) is 4.79 Å². The summed E-state index contributed by atoms with van der Waals surface area (Å²) in [6, 6.07) is 10.7. The van der Waals surface area contributed by atoms with Crippen molar-refractivity contribution in [2.45, 2.75) is 45.6 Å². The summed E-state index contributed by atoms with van der Waals surface area (Å²) in [5.41, 5.74) is 3.20. The van der Waals surface area contributed by atoms with Gasteiger partial charge in [0.15, 0.2) is 0 Å². The van der Waals surface area contributed by atoms with Crippen molar-refractivity contribution in [2.75, 3.05) is 19.6 Å². The number of likely N-dealkylation sites (tertiary alicyclic amines) is 1. The Labute approximate surface area is 149 Å². The summed E-state index contributed by atoms with van der Waals surface area (Å²) >= 11 is 0. The fourth-order valence-electron chi connectivity index (χ4n) is 3.58. The molecule has 2 aromatic rings. The highest BCUT2D eigenvalue weighted by Gasteiger charge is 2.23. The van der Waals surface area contributed by atoms with Crippen LogP contribution in [-0.2, 0) is 11.2 Å². The van der Waals surface area contributed by atoms with Gasteiger partial charge in [0.1, 0.15) is 5.76 Å². The van der Waals surface area contributed by atoms with Crippen LogP contribution in [0.4, 0.5) is 0 Å². The highest BCUT2D eigenvalue weighted by Crippen LogP contribution is 2.24. The maximum atomic E-state index is 12.3. The van der Waals surface area contributed by atoms with E-state index in [0.717, 1.165) is 30.1 Å². The zero-order valence-corrected chi connectivity index (χ0v) is 15.1. The number of aromatic nitrogens is 1. The molecule has 1 amide bonds. The molecule has 2 heterocycles. The molecule has 3 rings (SSSR count). The molecule has 1 aromatic carbocycles. The monoisotopic (exact) mass is 341 g/mol. The molecule has 5 nitrogen and oxygen atoms in total. The minimum absolute atomic E-state index is 0.0835. The molecule has 0 spiro atoms. The third-order valence-corrected chi connectivity index (χ3v) is 5.04. The lowest BCUT2D eigenvalue weighted by atomic mass is 10.0. The molecule has 5 heteroatoms. The predicted octanol–water partition coefficient (Wildman–Crippen LogP) is 3.18. The van der Waals surface area contributed by atoms with E-state index in [1.165, 1.54) is 18.4 Å². The number of nitrogens with one attached hydrogen (secondary N) is 1. The summed E-state index contributed by atoms with van der Waals surface area (Å²) in [5.74, 6) is 0.893. The predicted molar refractivity (Wildman–Crippen MR) is 97.3 cm³/mol. The number of carbonyl (C=O) groups excluding carboxylic acids is 1. The summed E-state index contributed by atoms with van der Waals surface area (Å²) < 4.78 is 5.16. The van der Waals surface area contributed by atoms with Gasteiger partial charge in [-0.1, -0.05) is 35.5 Å². The lowest BCUT2D eigenvalue weighted by Gasteiger charge is -2.28. The van der Waals surface area contributed by atoms with E-state index in [0.29, 0.717) is 19.4 Å². The lowest BCUT2D eigenvalue weighted by molar-refractivity contribution is -0.121. The lowest BCUT2D eigenvalue weighted by Crippen LogP contribution is -2.36. The molecule has 0 aliphatic carbocycles. The zero-order valence-electron chi connectivity index (χ0n) is 15.1. The summed E-state index contributed by atoms with van der Waals surface area (Å²) in [7, 11) is 0. The molecule has 1 aromatic heterocycles. The Hall–Kier alpha value is -2.14. The number of hydrogen-bond donors (Lipinski definition) is 1. The van der Waals surface area contributed by atoms with Gasteiger partial charge in [-0.25, -0.2) is 0 Å². The van der Waals surface area contributed by atoms with Crippen molar-refractivity contribution in [3.05, 3.63) is 52.9 Å². The summed E-state index contributed by atoms with van der Waals surface area (Å²) in [4.78, 5) is 14.8. The number of carbonyl (C=O) groups is 1. The van der Waals surface area contributed by atoms with E-state index in [4.69, 9.17) is 4.52 Å². The van der Waals surface area contributed by atoms with E-state index in [2.05, 4.69) is 39.6 Å². The van der Waals surface area contributed by atoms with Gasteiger partial charge in [0.2, 0.25) is 5.91 Å². The van der Waals surface area contributed by atoms with Crippen molar-refractivity contribution in [2.24, 2.45) is 0 Å². The van der Waals surface area contributed by atoms with Crippen LogP contribution in [0.1, 0.15) is 47.9 Å². The largest absolute Gasteiger partial charge is 0.361 e. The Morgan fingerprint density at radius 2 is 1.96 bits per heavy atom. The van der Waals surface area contributed by atoms with Crippen molar-refractivity contribution in [1.82, 2.24) is 15.4 Å². The first-order valence-electron chi connectivity index (χ1n) is 9.12. The Balaban J connectivity index is 1.56. The number of amides is 1. The second-order valence-electron chi connectivity index (χ2n) is 6.78. The van der Waals surface area contributed by atoms with Gasteiger partial charge in [-0.2, -0.15) is 0 Å². The van der Waals surface area contributed by atoms with Crippen LogP contribution < -0.4 is 5.32 Å². The maximum Gasteiger partial charge on any atom is 0.220 e. The minimum atomic E-state index is 0.0835. The van der Waals surface area contributed by atoms with Gasteiger partial charge in [-0.15, -0.1) is 0 Å². The van der Waals surface area contributed by atoms with E-state index < -0.39 is 0 Å². The number of hydrogen-bond acceptors (Lipinski definition) is 4. The van der Waals surface area contributed by atoms with Gasteiger partial charge < -0.3 is 9.84 Å². The molecule has 0 saturated carbocycles.